The van der Waals surface area contributed by atoms with Crippen LogP contribution in [-0.4, -0.2) is 16.9 Å². The van der Waals surface area contributed by atoms with Crippen molar-refractivity contribution in [1.29, 1.82) is 0 Å². The van der Waals surface area contributed by atoms with Crippen LogP contribution in [0.25, 0.3) is 0 Å². The van der Waals surface area contributed by atoms with E-state index in [-0.39, 0.29) is 10.7 Å². The van der Waals surface area contributed by atoms with Crippen LogP contribution in [0, 0.1) is 10.1 Å². The Morgan fingerprint density at radius 1 is 1.26 bits per heavy atom. The standard InChI is InChI=1S/C15H12Cl2N2O4/c1-9(23-14-6-5-10(16)7-13(14)17)15(20)18-11-3-2-4-12(8-11)19(21)22/h2-9H,1H3,(H,18,20)/t9-/m0/s1. The molecule has 1 atom stereocenters. The molecule has 0 saturated heterocycles. The van der Waals surface area contributed by atoms with Crippen LogP contribution >= 0.6 is 23.2 Å². The topological polar surface area (TPSA) is 81.5 Å². The molecule has 0 spiro atoms. The van der Waals surface area contributed by atoms with Crippen LogP contribution in [0.4, 0.5) is 11.4 Å². The first kappa shape index (κ1) is 17.1. The van der Waals surface area contributed by atoms with Crippen LogP contribution in [0.1, 0.15) is 6.92 Å². The Labute approximate surface area is 142 Å². The smallest absolute Gasteiger partial charge is 0.271 e. The second kappa shape index (κ2) is 7.30. The average molecular weight is 355 g/mol. The van der Waals surface area contributed by atoms with E-state index in [1.54, 1.807) is 18.2 Å². The highest BCUT2D eigenvalue weighted by molar-refractivity contribution is 6.35. The number of nitro benzene ring substituents is 1. The molecule has 8 heteroatoms. The highest BCUT2D eigenvalue weighted by Gasteiger charge is 2.17. The second-order valence-corrected chi connectivity index (χ2v) is 5.48. The highest BCUT2D eigenvalue weighted by Crippen LogP contribution is 2.28. The fourth-order valence-electron chi connectivity index (χ4n) is 1.76. The van der Waals surface area contributed by atoms with E-state index >= 15 is 0 Å². The quantitative estimate of drug-likeness (QED) is 0.640. The zero-order valence-corrected chi connectivity index (χ0v) is 13.5. The van der Waals surface area contributed by atoms with Gasteiger partial charge >= 0.3 is 0 Å². The molecule has 0 fully saturated rings. The Bertz CT molecular complexity index is 752. The molecule has 1 amide bonds. The number of nitrogens with one attached hydrogen (secondary N) is 1. The van der Waals surface area contributed by atoms with Gasteiger partial charge < -0.3 is 10.1 Å². The Balaban J connectivity index is 2.05. The molecule has 0 aliphatic rings. The number of carbonyl (C=O) groups excluding carboxylic acids is 1. The number of hydrogen-bond acceptors (Lipinski definition) is 4. The first-order chi connectivity index (χ1) is 10.9. The molecule has 0 radical (unpaired) electrons. The number of anilines is 1. The lowest BCUT2D eigenvalue weighted by molar-refractivity contribution is -0.384. The molecule has 0 aromatic heterocycles. The summed E-state index contributed by atoms with van der Waals surface area (Å²) in [4.78, 5) is 22.3. The number of ether oxygens (including phenoxy) is 1. The summed E-state index contributed by atoms with van der Waals surface area (Å²) in [5.74, 6) is -0.144. The molecule has 2 aromatic carbocycles. The van der Waals surface area contributed by atoms with Gasteiger partial charge in [-0.15, -0.1) is 0 Å². The lowest BCUT2D eigenvalue weighted by Gasteiger charge is -2.15. The van der Waals surface area contributed by atoms with Crippen molar-refractivity contribution in [2.75, 3.05) is 5.32 Å². The molecule has 1 N–H and O–H groups in total. The van der Waals surface area contributed by atoms with Gasteiger partial charge in [0, 0.05) is 22.8 Å². The Morgan fingerprint density at radius 3 is 2.65 bits per heavy atom. The number of halogens is 2. The van der Waals surface area contributed by atoms with Crippen LogP contribution in [0.5, 0.6) is 5.75 Å². The molecular weight excluding hydrogens is 343 g/mol. The SMILES string of the molecule is C[C@H](Oc1ccc(Cl)cc1Cl)C(=O)Nc1cccc([N+](=O)[O-])c1. The zero-order chi connectivity index (χ0) is 17.0. The summed E-state index contributed by atoms with van der Waals surface area (Å²) in [5, 5.41) is 14.0. The summed E-state index contributed by atoms with van der Waals surface area (Å²) in [6.07, 6.45) is -0.854. The zero-order valence-electron chi connectivity index (χ0n) is 12.0. The number of nitro groups is 1. The molecule has 2 aromatic rings. The number of rotatable bonds is 5. The number of benzene rings is 2. The lowest BCUT2D eigenvalue weighted by atomic mass is 10.2. The van der Waals surface area contributed by atoms with Gasteiger partial charge in [-0.1, -0.05) is 29.3 Å². The van der Waals surface area contributed by atoms with Crippen molar-refractivity contribution in [3.8, 4) is 5.75 Å². The van der Waals surface area contributed by atoms with E-state index in [4.69, 9.17) is 27.9 Å². The van der Waals surface area contributed by atoms with Gasteiger partial charge in [0.2, 0.25) is 0 Å². The first-order valence-electron chi connectivity index (χ1n) is 6.54. The first-order valence-corrected chi connectivity index (χ1v) is 7.29. The third-order valence-corrected chi connectivity index (χ3v) is 3.42. The van der Waals surface area contributed by atoms with Crippen molar-refractivity contribution in [1.82, 2.24) is 0 Å². The fraction of sp³-hybridized carbons (Fsp3) is 0.133. The molecule has 0 saturated carbocycles. The largest absolute Gasteiger partial charge is 0.479 e. The summed E-state index contributed by atoms with van der Waals surface area (Å²) in [6, 6.07) is 10.3. The van der Waals surface area contributed by atoms with Crippen molar-refractivity contribution in [2.45, 2.75) is 13.0 Å². The second-order valence-electron chi connectivity index (χ2n) is 4.63. The van der Waals surface area contributed by atoms with Crippen LogP contribution in [0.3, 0.4) is 0 Å². The third kappa shape index (κ3) is 4.58. The van der Waals surface area contributed by atoms with E-state index < -0.39 is 16.9 Å². The summed E-state index contributed by atoms with van der Waals surface area (Å²) in [6.45, 7) is 1.54. The molecule has 0 bridgehead atoms. The predicted octanol–water partition coefficient (Wildman–Crippen LogP) is 4.31. The molecule has 0 heterocycles. The number of carbonyl (C=O) groups is 1. The predicted molar refractivity (Wildman–Crippen MR) is 88.3 cm³/mol. The van der Waals surface area contributed by atoms with Crippen molar-refractivity contribution >= 4 is 40.5 Å². The molecule has 0 unspecified atom stereocenters. The van der Waals surface area contributed by atoms with E-state index in [9.17, 15) is 14.9 Å². The van der Waals surface area contributed by atoms with Gasteiger partial charge in [0.25, 0.3) is 11.6 Å². The van der Waals surface area contributed by atoms with E-state index in [0.717, 1.165) is 0 Å². The molecule has 0 aliphatic heterocycles. The summed E-state index contributed by atoms with van der Waals surface area (Å²) in [7, 11) is 0. The van der Waals surface area contributed by atoms with E-state index in [0.29, 0.717) is 16.5 Å². The Kier molecular flexibility index (Phi) is 5.41. The van der Waals surface area contributed by atoms with Gasteiger partial charge in [0.15, 0.2) is 6.10 Å². The van der Waals surface area contributed by atoms with E-state index in [1.807, 2.05) is 0 Å². The molecular formula is C15H12Cl2N2O4. The summed E-state index contributed by atoms with van der Waals surface area (Å²) in [5.41, 5.74) is 0.193. The minimum absolute atomic E-state index is 0.114. The van der Waals surface area contributed by atoms with Gasteiger partial charge in [0.05, 0.1) is 9.95 Å². The molecule has 120 valence electrons. The van der Waals surface area contributed by atoms with Gasteiger partial charge in [-0.2, -0.15) is 0 Å². The number of nitrogens with zero attached hydrogens (tertiary/aromatic N) is 1. The monoisotopic (exact) mass is 354 g/mol. The molecule has 2 rings (SSSR count). The van der Waals surface area contributed by atoms with Crippen molar-refractivity contribution in [3.05, 3.63) is 62.6 Å². The van der Waals surface area contributed by atoms with Crippen molar-refractivity contribution in [3.63, 3.8) is 0 Å². The minimum Gasteiger partial charge on any atom is -0.479 e. The minimum atomic E-state index is -0.854. The lowest BCUT2D eigenvalue weighted by Crippen LogP contribution is -2.30. The van der Waals surface area contributed by atoms with Crippen LogP contribution in [-0.2, 0) is 4.79 Å². The number of amides is 1. The maximum Gasteiger partial charge on any atom is 0.271 e. The Hall–Kier alpha value is -2.31. The molecule has 6 nitrogen and oxygen atoms in total. The molecule has 23 heavy (non-hydrogen) atoms. The number of non-ortho nitro benzene ring substituents is 1. The van der Waals surface area contributed by atoms with E-state index in [2.05, 4.69) is 5.32 Å². The van der Waals surface area contributed by atoms with Crippen LogP contribution in [0.2, 0.25) is 10.0 Å². The van der Waals surface area contributed by atoms with Crippen molar-refractivity contribution < 1.29 is 14.5 Å². The molecule has 0 aliphatic carbocycles. The summed E-state index contributed by atoms with van der Waals surface area (Å²) < 4.78 is 5.48. The maximum atomic E-state index is 12.1. The fourth-order valence-corrected chi connectivity index (χ4v) is 2.21. The Morgan fingerprint density at radius 2 is 2.00 bits per heavy atom. The average Bonchev–Trinajstić information content (AvgIpc) is 2.50. The van der Waals surface area contributed by atoms with Gasteiger partial charge in [0.1, 0.15) is 5.75 Å². The number of hydrogen-bond donors (Lipinski definition) is 1. The van der Waals surface area contributed by atoms with Gasteiger partial charge in [-0.3, -0.25) is 14.9 Å². The van der Waals surface area contributed by atoms with Crippen LogP contribution < -0.4 is 10.1 Å². The highest BCUT2D eigenvalue weighted by atomic mass is 35.5. The van der Waals surface area contributed by atoms with E-state index in [1.165, 1.54) is 31.2 Å². The van der Waals surface area contributed by atoms with Crippen molar-refractivity contribution in [2.24, 2.45) is 0 Å². The van der Waals surface area contributed by atoms with Gasteiger partial charge in [-0.05, 0) is 31.2 Å². The maximum absolute atomic E-state index is 12.1. The third-order valence-electron chi connectivity index (χ3n) is 2.89. The normalized spacial score (nSPS) is 11.6. The van der Waals surface area contributed by atoms with Crippen LogP contribution in [0.15, 0.2) is 42.5 Å². The van der Waals surface area contributed by atoms with Gasteiger partial charge in [-0.25, -0.2) is 0 Å². The summed E-state index contributed by atoms with van der Waals surface area (Å²) >= 11 is 11.8.